The van der Waals surface area contributed by atoms with E-state index in [1.54, 1.807) is 30.3 Å². The molecule has 3 nitrogen and oxygen atoms in total. The fourth-order valence-electron chi connectivity index (χ4n) is 1.76. The van der Waals surface area contributed by atoms with Gasteiger partial charge in [0.05, 0.1) is 11.7 Å². The van der Waals surface area contributed by atoms with Gasteiger partial charge in [0, 0.05) is 0 Å². The highest BCUT2D eigenvalue weighted by Gasteiger charge is 2.60. The lowest BCUT2D eigenvalue weighted by atomic mass is 10.0. The monoisotopic (exact) mass is 356 g/mol. The van der Waals surface area contributed by atoms with Crippen molar-refractivity contribution in [1.29, 1.82) is 0 Å². The van der Waals surface area contributed by atoms with Crippen LogP contribution in [0.3, 0.4) is 0 Å². The molecule has 24 heavy (non-hydrogen) atoms. The van der Waals surface area contributed by atoms with Gasteiger partial charge in [0.2, 0.25) is 0 Å². The van der Waals surface area contributed by atoms with Crippen molar-refractivity contribution in [1.82, 2.24) is 0 Å². The maximum Gasteiger partial charge on any atom is 0.434 e. The summed E-state index contributed by atoms with van der Waals surface area (Å²) in [6, 6.07) is 8.57. The van der Waals surface area contributed by atoms with Gasteiger partial charge in [0.1, 0.15) is 0 Å². The average molecular weight is 356 g/mol. The van der Waals surface area contributed by atoms with Gasteiger partial charge in [-0.15, -0.1) is 0 Å². The SMILES string of the molecule is C=C(C(=O)OC(C(F)(F)F)C(F)(F)F)[C@H](O)CCc1ccccc1. The van der Waals surface area contributed by atoms with Crippen LogP contribution in [-0.2, 0) is 16.0 Å². The highest BCUT2D eigenvalue weighted by Crippen LogP contribution is 2.36. The summed E-state index contributed by atoms with van der Waals surface area (Å²) in [5, 5.41) is 9.71. The summed E-state index contributed by atoms with van der Waals surface area (Å²) in [6.45, 7) is 3.02. The number of alkyl halides is 6. The second-order valence-electron chi connectivity index (χ2n) is 4.93. The molecule has 134 valence electrons. The molecular weight excluding hydrogens is 342 g/mol. The molecule has 0 fully saturated rings. The summed E-state index contributed by atoms with van der Waals surface area (Å²) in [5.74, 6) is -1.95. The molecule has 1 atom stereocenters. The Labute approximate surface area is 133 Å². The van der Waals surface area contributed by atoms with Gasteiger partial charge in [0.15, 0.2) is 0 Å². The van der Waals surface area contributed by atoms with Crippen molar-refractivity contribution >= 4 is 5.97 Å². The molecule has 0 saturated carbocycles. The molecule has 0 bridgehead atoms. The van der Waals surface area contributed by atoms with Crippen LogP contribution in [0.1, 0.15) is 12.0 Å². The Bertz CT molecular complexity index is 551. The molecule has 1 aromatic carbocycles. The van der Waals surface area contributed by atoms with E-state index < -0.39 is 36.1 Å². The number of aliphatic hydroxyl groups excluding tert-OH is 1. The van der Waals surface area contributed by atoms with Crippen LogP contribution >= 0.6 is 0 Å². The molecule has 0 aliphatic carbocycles. The van der Waals surface area contributed by atoms with Gasteiger partial charge in [-0.1, -0.05) is 36.9 Å². The maximum absolute atomic E-state index is 12.3. The Morgan fingerprint density at radius 3 is 2.04 bits per heavy atom. The van der Waals surface area contributed by atoms with Crippen LogP contribution in [-0.4, -0.2) is 35.6 Å². The zero-order chi connectivity index (χ0) is 18.5. The molecule has 1 N–H and O–H groups in total. The van der Waals surface area contributed by atoms with Gasteiger partial charge in [-0.3, -0.25) is 0 Å². The average Bonchev–Trinajstić information content (AvgIpc) is 2.48. The highest BCUT2D eigenvalue weighted by molar-refractivity contribution is 5.89. The standard InChI is InChI=1S/C15H14F6O3/c1-9(11(22)8-7-10-5-3-2-4-6-10)12(23)24-13(14(16,17)18)15(19,20)21/h2-6,11,13,22H,1,7-8H2/t11-/m1/s1. The Hall–Kier alpha value is -2.03. The largest absolute Gasteiger partial charge is 0.439 e. The first kappa shape index (κ1) is 20.0. The third-order valence-electron chi connectivity index (χ3n) is 3.03. The molecule has 1 aromatic rings. The van der Waals surface area contributed by atoms with Crippen molar-refractivity contribution in [3.63, 3.8) is 0 Å². The lowest BCUT2D eigenvalue weighted by Gasteiger charge is -2.24. The first-order valence-electron chi connectivity index (χ1n) is 6.68. The van der Waals surface area contributed by atoms with E-state index in [1.807, 2.05) is 0 Å². The highest BCUT2D eigenvalue weighted by atomic mass is 19.4. The zero-order valence-electron chi connectivity index (χ0n) is 12.2. The van der Waals surface area contributed by atoms with E-state index in [0.717, 1.165) is 5.56 Å². The molecule has 9 heteroatoms. The number of esters is 1. The number of aliphatic hydroxyl groups is 1. The number of carbonyl (C=O) groups is 1. The van der Waals surface area contributed by atoms with Crippen molar-refractivity contribution in [2.45, 2.75) is 37.4 Å². The quantitative estimate of drug-likeness (QED) is 0.482. The zero-order valence-corrected chi connectivity index (χ0v) is 12.2. The number of hydrogen-bond acceptors (Lipinski definition) is 3. The van der Waals surface area contributed by atoms with Gasteiger partial charge < -0.3 is 9.84 Å². The minimum absolute atomic E-state index is 0.110. The summed E-state index contributed by atoms with van der Waals surface area (Å²) >= 11 is 0. The van der Waals surface area contributed by atoms with Crippen LogP contribution in [0.5, 0.6) is 0 Å². The molecule has 0 unspecified atom stereocenters. The molecule has 1 rings (SSSR count). The first-order valence-corrected chi connectivity index (χ1v) is 6.68. The van der Waals surface area contributed by atoms with E-state index in [9.17, 15) is 36.2 Å². The molecule has 0 aliphatic heterocycles. The number of ether oxygens (including phenoxy) is 1. The second kappa shape index (κ2) is 7.69. The molecule has 0 radical (unpaired) electrons. The van der Waals surface area contributed by atoms with E-state index in [0.29, 0.717) is 0 Å². The number of rotatable bonds is 6. The van der Waals surface area contributed by atoms with Crippen LogP contribution in [0.25, 0.3) is 0 Å². The van der Waals surface area contributed by atoms with Crippen LogP contribution in [0.15, 0.2) is 42.5 Å². The number of aryl methyl sites for hydroxylation is 1. The van der Waals surface area contributed by atoms with E-state index in [-0.39, 0.29) is 12.8 Å². The van der Waals surface area contributed by atoms with E-state index in [2.05, 4.69) is 11.3 Å². The Morgan fingerprint density at radius 1 is 1.08 bits per heavy atom. The molecule has 0 heterocycles. The number of benzene rings is 1. The van der Waals surface area contributed by atoms with Crippen molar-refractivity contribution < 1.29 is 41.0 Å². The molecular formula is C15H14F6O3. The fourth-order valence-corrected chi connectivity index (χ4v) is 1.76. The van der Waals surface area contributed by atoms with Crippen molar-refractivity contribution in [2.75, 3.05) is 0 Å². The minimum Gasteiger partial charge on any atom is -0.439 e. The third-order valence-corrected chi connectivity index (χ3v) is 3.03. The summed E-state index contributed by atoms with van der Waals surface area (Å²) in [7, 11) is 0. The first-order chi connectivity index (χ1) is 10.9. The van der Waals surface area contributed by atoms with Gasteiger partial charge in [-0.25, -0.2) is 4.79 Å². The minimum atomic E-state index is -5.82. The molecule has 0 aliphatic rings. The summed E-state index contributed by atoms with van der Waals surface area (Å²) in [6.07, 6.45) is -17.4. The lowest BCUT2D eigenvalue weighted by molar-refractivity contribution is -0.312. The van der Waals surface area contributed by atoms with Crippen molar-refractivity contribution in [3.8, 4) is 0 Å². The summed E-state index contributed by atoms with van der Waals surface area (Å²) in [5.41, 5.74) is -0.106. The van der Waals surface area contributed by atoms with Crippen molar-refractivity contribution in [3.05, 3.63) is 48.0 Å². The van der Waals surface area contributed by atoms with Crippen LogP contribution in [0.2, 0.25) is 0 Å². The van der Waals surface area contributed by atoms with E-state index in [4.69, 9.17) is 0 Å². The maximum atomic E-state index is 12.3. The summed E-state index contributed by atoms with van der Waals surface area (Å²) in [4.78, 5) is 11.4. The molecule has 0 spiro atoms. The van der Waals surface area contributed by atoms with Crippen LogP contribution in [0, 0.1) is 0 Å². The predicted octanol–water partition coefficient (Wildman–Crippen LogP) is 3.57. The van der Waals surface area contributed by atoms with E-state index >= 15 is 0 Å². The number of hydrogen-bond donors (Lipinski definition) is 1. The molecule has 0 amide bonds. The molecule has 0 saturated heterocycles. The van der Waals surface area contributed by atoms with Gasteiger partial charge >= 0.3 is 18.3 Å². The van der Waals surface area contributed by atoms with Crippen molar-refractivity contribution in [2.24, 2.45) is 0 Å². The topological polar surface area (TPSA) is 46.5 Å². The van der Waals surface area contributed by atoms with Gasteiger partial charge in [-0.05, 0) is 18.4 Å². The van der Waals surface area contributed by atoms with Gasteiger partial charge in [-0.2, -0.15) is 26.3 Å². The van der Waals surface area contributed by atoms with E-state index in [1.165, 1.54) is 0 Å². The fraction of sp³-hybridized carbons (Fsp3) is 0.400. The Kier molecular flexibility index (Phi) is 6.42. The summed E-state index contributed by atoms with van der Waals surface area (Å²) < 4.78 is 77.4. The number of carbonyl (C=O) groups excluding carboxylic acids is 1. The third kappa shape index (κ3) is 5.88. The Balaban J connectivity index is 2.67. The molecule has 0 aromatic heterocycles. The van der Waals surface area contributed by atoms with Crippen LogP contribution in [0.4, 0.5) is 26.3 Å². The number of halogens is 6. The lowest BCUT2D eigenvalue weighted by Crippen LogP contribution is -2.46. The van der Waals surface area contributed by atoms with Gasteiger partial charge in [0.25, 0.3) is 6.10 Å². The second-order valence-corrected chi connectivity index (χ2v) is 4.93. The smallest absolute Gasteiger partial charge is 0.434 e. The Morgan fingerprint density at radius 2 is 1.58 bits per heavy atom. The normalized spacial score (nSPS) is 13.7. The van der Waals surface area contributed by atoms with Crippen LogP contribution < -0.4 is 0 Å². The predicted molar refractivity (Wildman–Crippen MR) is 71.9 cm³/mol.